The van der Waals surface area contributed by atoms with E-state index in [1.807, 2.05) is 0 Å². The molecule has 0 radical (unpaired) electrons. The molecule has 0 N–H and O–H groups in total. The second-order valence-corrected chi connectivity index (χ2v) is 6.72. The van der Waals surface area contributed by atoms with Crippen molar-refractivity contribution in [3.8, 4) is 0 Å². The second kappa shape index (κ2) is 7.67. The molecule has 29 heavy (non-hydrogen) atoms. The number of hydrogen-bond acceptors (Lipinski definition) is 6. The summed E-state index contributed by atoms with van der Waals surface area (Å²) < 4.78 is 10.1. The molecule has 0 fully saturated rings. The molecule has 6 nitrogen and oxygen atoms in total. The molecule has 0 aromatic heterocycles. The quantitative estimate of drug-likeness (QED) is 0.543. The van der Waals surface area contributed by atoms with Crippen molar-refractivity contribution < 1.29 is 28.7 Å². The molecule has 0 saturated heterocycles. The van der Waals surface area contributed by atoms with Gasteiger partial charge in [-0.15, -0.1) is 0 Å². The minimum atomic E-state index is -0.739. The van der Waals surface area contributed by atoms with E-state index in [1.54, 1.807) is 48.6 Å². The van der Waals surface area contributed by atoms with Crippen LogP contribution in [-0.2, 0) is 28.7 Å². The zero-order chi connectivity index (χ0) is 20.4. The van der Waals surface area contributed by atoms with Crippen molar-refractivity contribution in [2.24, 2.45) is 11.8 Å². The lowest BCUT2D eigenvalue weighted by Crippen LogP contribution is -2.25. The number of carbonyl (C=O) groups excluding carboxylic acids is 4. The average molecular weight is 388 g/mol. The molecule has 0 saturated carbocycles. The first-order valence-corrected chi connectivity index (χ1v) is 9.01. The maximum absolute atomic E-state index is 12.4. The highest BCUT2D eigenvalue weighted by Crippen LogP contribution is 2.31. The Morgan fingerprint density at radius 1 is 0.690 bits per heavy atom. The Labute approximate surface area is 166 Å². The lowest BCUT2D eigenvalue weighted by Gasteiger charge is -2.23. The van der Waals surface area contributed by atoms with Crippen LogP contribution in [0.1, 0.15) is 0 Å². The van der Waals surface area contributed by atoms with Gasteiger partial charge in [0.2, 0.25) is 6.79 Å². The number of allylic oxidation sites excluding steroid dienone is 14. The highest BCUT2D eigenvalue weighted by Gasteiger charge is 2.30. The molecular weight excluding hydrogens is 372 g/mol. The van der Waals surface area contributed by atoms with Crippen LogP contribution in [0.15, 0.2) is 95.2 Å². The maximum Gasteiger partial charge on any atom is 0.337 e. The van der Waals surface area contributed by atoms with Gasteiger partial charge in [-0.2, -0.15) is 0 Å². The molecule has 2 atom stereocenters. The zero-order valence-electron chi connectivity index (χ0n) is 15.2. The lowest BCUT2D eigenvalue weighted by atomic mass is 9.83. The van der Waals surface area contributed by atoms with Gasteiger partial charge in [0.1, 0.15) is 0 Å². The summed E-state index contributed by atoms with van der Waals surface area (Å²) in [6.45, 7) is -0.620. The summed E-state index contributed by atoms with van der Waals surface area (Å²) in [5, 5.41) is 0. The number of ether oxygens (including phenoxy) is 2. The van der Waals surface area contributed by atoms with Crippen LogP contribution in [-0.4, -0.2) is 30.3 Å². The van der Waals surface area contributed by atoms with Gasteiger partial charge >= 0.3 is 11.9 Å². The molecule has 4 aliphatic carbocycles. The number of carbonyl (C=O) groups is 4. The Morgan fingerprint density at radius 2 is 1.14 bits per heavy atom. The van der Waals surface area contributed by atoms with Gasteiger partial charge in [0.25, 0.3) is 0 Å². The zero-order valence-corrected chi connectivity index (χ0v) is 15.2. The van der Waals surface area contributed by atoms with Crippen molar-refractivity contribution in [3.05, 3.63) is 95.2 Å². The van der Waals surface area contributed by atoms with E-state index in [0.717, 1.165) is 0 Å². The summed E-state index contributed by atoms with van der Waals surface area (Å²) in [6.07, 6.45) is 19.6. The van der Waals surface area contributed by atoms with E-state index >= 15 is 0 Å². The Balaban J connectivity index is 1.38. The summed E-state index contributed by atoms with van der Waals surface area (Å²) in [6, 6.07) is 0. The molecule has 0 aromatic carbocycles. The Kier molecular flexibility index (Phi) is 4.91. The minimum absolute atomic E-state index is 0.182. The normalized spacial score (nSPS) is 24.0. The van der Waals surface area contributed by atoms with Crippen molar-refractivity contribution in [1.82, 2.24) is 0 Å². The number of esters is 2. The van der Waals surface area contributed by atoms with Crippen LogP contribution >= 0.6 is 0 Å². The molecule has 144 valence electrons. The molecule has 0 spiro atoms. The van der Waals surface area contributed by atoms with Gasteiger partial charge in [0.15, 0.2) is 11.6 Å². The van der Waals surface area contributed by atoms with Crippen LogP contribution in [0.25, 0.3) is 0 Å². The summed E-state index contributed by atoms with van der Waals surface area (Å²) >= 11 is 0. The SMILES string of the molecule is O=C1C=C2C=CC=CC2C(C(=O)OCOC(=O)C2=CC(=O)C=C3C=CC=CC32)=C1. The van der Waals surface area contributed by atoms with E-state index in [9.17, 15) is 19.2 Å². The first-order valence-electron chi connectivity index (χ1n) is 9.01. The highest BCUT2D eigenvalue weighted by molar-refractivity contribution is 6.09. The van der Waals surface area contributed by atoms with Gasteiger partial charge in [0.05, 0.1) is 11.1 Å². The molecule has 4 aliphatic rings. The van der Waals surface area contributed by atoms with Gasteiger partial charge in [-0.1, -0.05) is 48.6 Å². The number of ketones is 2. The highest BCUT2D eigenvalue weighted by atomic mass is 16.7. The molecule has 0 aromatic rings. The number of hydrogen-bond donors (Lipinski definition) is 0. The summed E-state index contributed by atoms with van der Waals surface area (Å²) in [7, 11) is 0. The van der Waals surface area contributed by atoms with Crippen molar-refractivity contribution in [2.45, 2.75) is 0 Å². The molecule has 0 aliphatic heterocycles. The van der Waals surface area contributed by atoms with Gasteiger partial charge in [-0.25, -0.2) is 9.59 Å². The Bertz CT molecular complexity index is 971. The first-order chi connectivity index (χ1) is 14.0. The van der Waals surface area contributed by atoms with Crippen LogP contribution < -0.4 is 0 Å². The number of fused-ring (bicyclic) bond motifs is 2. The van der Waals surface area contributed by atoms with E-state index in [1.165, 1.54) is 24.3 Å². The average Bonchev–Trinajstić information content (AvgIpc) is 2.72. The third-order valence-corrected chi connectivity index (χ3v) is 4.86. The van der Waals surface area contributed by atoms with Gasteiger partial charge in [-0.3, -0.25) is 9.59 Å². The molecule has 6 heteroatoms. The fraction of sp³-hybridized carbons (Fsp3) is 0.130. The van der Waals surface area contributed by atoms with Crippen molar-refractivity contribution >= 4 is 23.5 Å². The van der Waals surface area contributed by atoms with Crippen LogP contribution in [0.5, 0.6) is 0 Å². The Hall–Kier alpha value is -3.80. The topological polar surface area (TPSA) is 86.7 Å². The van der Waals surface area contributed by atoms with E-state index in [-0.39, 0.29) is 34.5 Å². The molecule has 2 unspecified atom stereocenters. The van der Waals surface area contributed by atoms with Crippen molar-refractivity contribution in [2.75, 3.05) is 6.79 Å². The van der Waals surface area contributed by atoms with E-state index in [4.69, 9.17) is 9.47 Å². The monoisotopic (exact) mass is 388 g/mol. The van der Waals surface area contributed by atoms with E-state index < -0.39 is 18.7 Å². The van der Waals surface area contributed by atoms with Crippen LogP contribution in [0.4, 0.5) is 0 Å². The van der Waals surface area contributed by atoms with Gasteiger partial charge in [0, 0.05) is 11.8 Å². The van der Waals surface area contributed by atoms with E-state index in [0.29, 0.717) is 11.1 Å². The smallest absolute Gasteiger partial charge is 0.337 e. The largest absolute Gasteiger partial charge is 0.424 e. The molecule has 4 rings (SSSR count). The van der Waals surface area contributed by atoms with Crippen LogP contribution in [0.2, 0.25) is 0 Å². The van der Waals surface area contributed by atoms with Crippen LogP contribution in [0, 0.1) is 11.8 Å². The molecule has 0 heterocycles. The summed E-state index contributed by atoms with van der Waals surface area (Å²) in [5.41, 5.74) is 1.76. The fourth-order valence-corrected chi connectivity index (χ4v) is 3.53. The van der Waals surface area contributed by atoms with E-state index in [2.05, 4.69) is 0 Å². The molecule has 0 amide bonds. The minimum Gasteiger partial charge on any atom is -0.424 e. The Morgan fingerprint density at radius 3 is 1.59 bits per heavy atom. The van der Waals surface area contributed by atoms with Crippen LogP contribution in [0.3, 0.4) is 0 Å². The fourth-order valence-electron chi connectivity index (χ4n) is 3.53. The third kappa shape index (κ3) is 3.78. The summed E-state index contributed by atoms with van der Waals surface area (Å²) in [5.74, 6) is -2.82. The van der Waals surface area contributed by atoms with Crippen molar-refractivity contribution in [1.29, 1.82) is 0 Å². The maximum atomic E-state index is 12.4. The van der Waals surface area contributed by atoms with Crippen molar-refractivity contribution in [3.63, 3.8) is 0 Å². The van der Waals surface area contributed by atoms with Gasteiger partial charge < -0.3 is 9.47 Å². The summed E-state index contributed by atoms with van der Waals surface area (Å²) in [4.78, 5) is 48.5. The molecule has 0 bridgehead atoms. The number of rotatable bonds is 4. The molecular formula is C23H16O6. The standard InChI is InChI=1S/C23H16O6/c24-16-9-14-5-1-3-7-18(14)20(11-16)22(26)28-13-29-23(27)21-12-17(25)10-15-6-2-4-8-19(15)21/h1-12,18-19H,13H2. The first kappa shape index (κ1) is 18.6. The second-order valence-electron chi connectivity index (χ2n) is 6.72. The predicted molar refractivity (Wildman–Crippen MR) is 103 cm³/mol. The predicted octanol–water partition coefficient (Wildman–Crippen LogP) is 2.39. The third-order valence-electron chi connectivity index (χ3n) is 4.86. The lowest BCUT2D eigenvalue weighted by molar-refractivity contribution is -0.162. The van der Waals surface area contributed by atoms with Gasteiger partial charge in [-0.05, 0) is 35.5 Å².